The second-order valence-corrected chi connectivity index (χ2v) is 6.52. The van der Waals surface area contributed by atoms with Crippen LogP contribution in [-0.2, 0) is 4.79 Å². The lowest BCUT2D eigenvalue weighted by Crippen LogP contribution is -2.37. The summed E-state index contributed by atoms with van der Waals surface area (Å²) in [6.45, 7) is 2.42. The van der Waals surface area contributed by atoms with Crippen molar-refractivity contribution < 1.29 is 4.79 Å². The van der Waals surface area contributed by atoms with E-state index in [1.54, 1.807) is 4.90 Å². The summed E-state index contributed by atoms with van der Waals surface area (Å²) in [6, 6.07) is 20.8. The monoisotopic (exact) mass is 325 g/mol. The van der Waals surface area contributed by atoms with Gasteiger partial charge in [-0.05, 0) is 40.5 Å². The molecule has 0 aliphatic carbocycles. The standard InChI is InChI=1S/C23H19NO/c1-3-14-24-21-13-12-17-9-5-7-11-19(17)23(21)20(15-22(24)25)18-10-6-4-8-16(18)2/h1,4-13,20H,14-15H2,2H3. The summed E-state index contributed by atoms with van der Waals surface area (Å²) in [6.07, 6.45) is 5.97. The van der Waals surface area contributed by atoms with Gasteiger partial charge >= 0.3 is 0 Å². The Labute approximate surface area is 148 Å². The van der Waals surface area contributed by atoms with Crippen LogP contribution in [0.4, 0.5) is 5.69 Å². The van der Waals surface area contributed by atoms with Crippen molar-refractivity contribution in [2.24, 2.45) is 0 Å². The van der Waals surface area contributed by atoms with Crippen molar-refractivity contribution in [3.8, 4) is 12.3 Å². The molecule has 0 saturated heterocycles. The number of rotatable bonds is 2. The number of hydrogen-bond donors (Lipinski definition) is 0. The van der Waals surface area contributed by atoms with Gasteiger partial charge in [-0.2, -0.15) is 0 Å². The third kappa shape index (κ3) is 2.49. The summed E-state index contributed by atoms with van der Waals surface area (Å²) in [5.74, 6) is 2.78. The minimum absolute atomic E-state index is 0.0591. The van der Waals surface area contributed by atoms with Crippen molar-refractivity contribution in [1.29, 1.82) is 0 Å². The molecule has 0 bridgehead atoms. The van der Waals surface area contributed by atoms with Crippen molar-refractivity contribution >= 4 is 22.4 Å². The molecule has 0 saturated carbocycles. The lowest BCUT2D eigenvalue weighted by atomic mass is 9.80. The summed E-state index contributed by atoms with van der Waals surface area (Å²) in [5.41, 5.74) is 4.58. The molecule has 1 unspecified atom stereocenters. The molecule has 2 heteroatoms. The molecular weight excluding hydrogens is 306 g/mol. The van der Waals surface area contributed by atoms with Crippen LogP contribution >= 0.6 is 0 Å². The average Bonchev–Trinajstić information content (AvgIpc) is 2.64. The minimum Gasteiger partial charge on any atom is -0.300 e. The Morgan fingerprint density at radius 1 is 1.08 bits per heavy atom. The van der Waals surface area contributed by atoms with Crippen molar-refractivity contribution in [3.05, 3.63) is 77.4 Å². The number of carbonyl (C=O) groups is 1. The maximum absolute atomic E-state index is 12.8. The minimum atomic E-state index is 0.0591. The van der Waals surface area contributed by atoms with Crippen molar-refractivity contribution in [2.45, 2.75) is 19.3 Å². The number of carbonyl (C=O) groups excluding carboxylic acids is 1. The molecule has 1 aliphatic heterocycles. The molecule has 1 heterocycles. The Morgan fingerprint density at radius 3 is 2.64 bits per heavy atom. The average molecular weight is 325 g/mol. The number of amides is 1. The molecule has 0 radical (unpaired) electrons. The number of fused-ring (bicyclic) bond motifs is 3. The van der Waals surface area contributed by atoms with E-state index in [0.29, 0.717) is 13.0 Å². The van der Waals surface area contributed by atoms with Crippen LogP contribution in [0.3, 0.4) is 0 Å². The molecule has 2 nitrogen and oxygen atoms in total. The second-order valence-electron chi connectivity index (χ2n) is 6.52. The highest BCUT2D eigenvalue weighted by molar-refractivity contribution is 6.03. The van der Waals surface area contributed by atoms with E-state index in [-0.39, 0.29) is 11.8 Å². The van der Waals surface area contributed by atoms with Gasteiger partial charge in [0.05, 0.1) is 6.54 Å². The third-order valence-corrected chi connectivity index (χ3v) is 5.08. The molecule has 122 valence electrons. The lowest BCUT2D eigenvalue weighted by molar-refractivity contribution is -0.119. The van der Waals surface area contributed by atoms with E-state index < -0.39 is 0 Å². The predicted octanol–water partition coefficient (Wildman–Crippen LogP) is 4.65. The number of aryl methyl sites for hydroxylation is 1. The van der Waals surface area contributed by atoms with Crippen LogP contribution in [0.5, 0.6) is 0 Å². The van der Waals surface area contributed by atoms with E-state index in [2.05, 4.69) is 49.2 Å². The number of hydrogen-bond acceptors (Lipinski definition) is 1. The quantitative estimate of drug-likeness (QED) is 0.628. The Bertz CT molecular complexity index is 1010. The first-order chi connectivity index (χ1) is 12.2. The highest BCUT2D eigenvalue weighted by atomic mass is 16.2. The first-order valence-corrected chi connectivity index (χ1v) is 8.51. The smallest absolute Gasteiger partial charge is 0.228 e. The number of terminal acetylenes is 1. The van der Waals surface area contributed by atoms with Crippen LogP contribution in [0, 0.1) is 19.3 Å². The van der Waals surface area contributed by atoms with Crippen molar-refractivity contribution in [2.75, 3.05) is 11.4 Å². The summed E-state index contributed by atoms with van der Waals surface area (Å²) in [4.78, 5) is 14.6. The number of benzene rings is 3. The normalized spacial score (nSPS) is 16.6. The van der Waals surface area contributed by atoms with Gasteiger partial charge in [-0.15, -0.1) is 6.42 Å². The van der Waals surface area contributed by atoms with Crippen molar-refractivity contribution in [1.82, 2.24) is 0 Å². The first-order valence-electron chi connectivity index (χ1n) is 8.51. The van der Waals surface area contributed by atoms with E-state index in [4.69, 9.17) is 6.42 Å². The maximum atomic E-state index is 12.8. The van der Waals surface area contributed by atoms with E-state index in [1.807, 2.05) is 24.3 Å². The van der Waals surface area contributed by atoms with Gasteiger partial charge < -0.3 is 4.90 Å². The molecule has 4 rings (SSSR count). The summed E-state index contributed by atoms with van der Waals surface area (Å²) >= 11 is 0. The van der Waals surface area contributed by atoms with Gasteiger partial charge in [0.25, 0.3) is 0 Å². The fourth-order valence-corrected chi connectivity index (χ4v) is 3.91. The van der Waals surface area contributed by atoms with Gasteiger partial charge in [0.2, 0.25) is 5.91 Å². The highest BCUT2D eigenvalue weighted by Crippen LogP contribution is 2.44. The Kier molecular flexibility index (Phi) is 3.78. The highest BCUT2D eigenvalue weighted by Gasteiger charge is 2.33. The van der Waals surface area contributed by atoms with Crippen LogP contribution < -0.4 is 4.90 Å². The van der Waals surface area contributed by atoms with Crippen molar-refractivity contribution in [3.63, 3.8) is 0 Å². The molecule has 1 aliphatic rings. The molecule has 1 atom stereocenters. The van der Waals surface area contributed by atoms with Crippen LogP contribution in [0.2, 0.25) is 0 Å². The van der Waals surface area contributed by atoms with Gasteiger partial charge in [-0.1, -0.05) is 60.5 Å². The van der Waals surface area contributed by atoms with Gasteiger partial charge in [0, 0.05) is 18.0 Å². The fourth-order valence-electron chi connectivity index (χ4n) is 3.91. The van der Waals surface area contributed by atoms with E-state index in [9.17, 15) is 4.79 Å². The second kappa shape index (κ2) is 6.11. The predicted molar refractivity (Wildman–Crippen MR) is 103 cm³/mol. The van der Waals surface area contributed by atoms with Crippen LogP contribution in [0.25, 0.3) is 10.8 Å². The zero-order chi connectivity index (χ0) is 17.4. The first kappa shape index (κ1) is 15.5. The van der Waals surface area contributed by atoms with Crippen LogP contribution in [-0.4, -0.2) is 12.5 Å². The number of nitrogens with zero attached hydrogens (tertiary/aromatic N) is 1. The molecule has 0 aromatic heterocycles. The zero-order valence-electron chi connectivity index (χ0n) is 14.2. The van der Waals surface area contributed by atoms with E-state index in [1.165, 1.54) is 27.5 Å². The topological polar surface area (TPSA) is 20.3 Å². The largest absolute Gasteiger partial charge is 0.300 e. The van der Waals surface area contributed by atoms with Gasteiger partial charge in [0.15, 0.2) is 0 Å². The van der Waals surface area contributed by atoms with E-state index in [0.717, 1.165) is 5.69 Å². The molecule has 0 spiro atoms. The Balaban J connectivity index is 2.02. The Hall–Kier alpha value is -3.05. The maximum Gasteiger partial charge on any atom is 0.228 e. The van der Waals surface area contributed by atoms with Gasteiger partial charge in [-0.3, -0.25) is 4.79 Å². The van der Waals surface area contributed by atoms with Gasteiger partial charge in [-0.25, -0.2) is 0 Å². The molecule has 3 aromatic rings. The molecule has 25 heavy (non-hydrogen) atoms. The SMILES string of the molecule is C#CCN1C(=O)CC(c2ccccc2C)c2c1ccc1ccccc21. The van der Waals surface area contributed by atoms with Gasteiger partial charge in [0.1, 0.15) is 0 Å². The lowest BCUT2D eigenvalue weighted by Gasteiger charge is -2.35. The number of anilines is 1. The summed E-state index contributed by atoms with van der Waals surface area (Å²) in [5, 5.41) is 2.39. The molecule has 1 amide bonds. The summed E-state index contributed by atoms with van der Waals surface area (Å²) in [7, 11) is 0. The molecule has 3 aromatic carbocycles. The Morgan fingerprint density at radius 2 is 1.84 bits per heavy atom. The molecular formula is C23H19NO. The zero-order valence-corrected chi connectivity index (χ0v) is 14.2. The third-order valence-electron chi connectivity index (χ3n) is 5.08. The van der Waals surface area contributed by atoms with E-state index >= 15 is 0 Å². The molecule has 0 N–H and O–H groups in total. The fraction of sp³-hybridized carbons (Fsp3) is 0.174. The van der Waals surface area contributed by atoms with Crippen LogP contribution in [0.15, 0.2) is 60.7 Å². The van der Waals surface area contributed by atoms with Crippen LogP contribution in [0.1, 0.15) is 29.0 Å². The molecule has 0 fully saturated rings. The summed E-state index contributed by atoms with van der Waals surface area (Å²) < 4.78 is 0.